The summed E-state index contributed by atoms with van der Waals surface area (Å²) in [4.78, 5) is 0. The summed E-state index contributed by atoms with van der Waals surface area (Å²) in [7, 11) is 1.63. The van der Waals surface area contributed by atoms with Crippen molar-refractivity contribution in [3.05, 3.63) is 0 Å². The van der Waals surface area contributed by atoms with Crippen LogP contribution in [0.2, 0.25) is 0 Å². The molecule has 0 atom stereocenters. The molecule has 56 valence electrons. The topological polar surface area (TPSA) is 0 Å². The van der Waals surface area contributed by atoms with E-state index in [4.69, 9.17) is 0 Å². The molecule has 0 aliphatic heterocycles. The van der Waals surface area contributed by atoms with Crippen molar-refractivity contribution in [3.63, 3.8) is 0 Å². The third-order valence-corrected chi connectivity index (χ3v) is 2.97. The van der Waals surface area contributed by atoms with Gasteiger partial charge in [-0.1, -0.05) is 39.5 Å². The lowest BCUT2D eigenvalue weighted by Crippen LogP contribution is -1.94. The zero-order valence-electron chi connectivity index (χ0n) is 7.02. The molecule has 0 saturated heterocycles. The van der Waals surface area contributed by atoms with E-state index in [9.17, 15) is 0 Å². The molecule has 0 N–H and O–H groups in total. The van der Waals surface area contributed by atoms with Gasteiger partial charge in [-0.3, -0.25) is 0 Å². The fourth-order valence-corrected chi connectivity index (χ4v) is 1.77. The van der Waals surface area contributed by atoms with Crippen LogP contribution in [0.25, 0.3) is 0 Å². The maximum absolute atomic E-state index is 2.29. The number of hydrogen-bond acceptors (Lipinski definition) is 0. The first kappa shape index (κ1) is 9.43. The van der Waals surface area contributed by atoms with Crippen molar-refractivity contribution in [1.29, 1.82) is 0 Å². The van der Waals surface area contributed by atoms with Gasteiger partial charge in [0.05, 0.1) is 0 Å². The first-order valence-corrected chi connectivity index (χ1v) is 5.02. The molecule has 0 amide bonds. The molecule has 0 unspecified atom stereocenters. The first-order chi connectivity index (χ1) is 4.13. The minimum Gasteiger partial charge on any atom is -0.539 e. The van der Waals surface area contributed by atoms with E-state index < -0.39 is 0 Å². The van der Waals surface area contributed by atoms with Crippen LogP contribution < -0.4 is 0 Å². The fourth-order valence-electron chi connectivity index (χ4n) is 0.591. The van der Waals surface area contributed by atoms with Crippen molar-refractivity contribution >= 4 is 8.58 Å². The summed E-state index contributed by atoms with van der Waals surface area (Å²) < 4.78 is 0. The lowest BCUT2D eigenvalue weighted by atomic mass is 10.3. The van der Waals surface area contributed by atoms with E-state index in [1.165, 1.54) is 12.3 Å². The highest BCUT2D eigenvalue weighted by atomic mass is 31.1. The molecule has 0 spiro atoms. The SMILES string of the molecule is CC(C)C[P-]CC(C)C. The van der Waals surface area contributed by atoms with Crippen molar-refractivity contribution < 1.29 is 0 Å². The van der Waals surface area contributed by atoms with Crippen LogP contribution in [0.3, 0.4) is 0 Å². The van der Waals surface area contributed by atoms with Crippen LogP contribution in [0.5, 0.6) is 0 Å². The van der Waals surface area contributed by atoms with E-state index in [0.29, 0.717) is 0 Å². The highest BCUT2D eigenvalue weighted by Crippen LogP contribution is 2.17. The summed E-state index contributed by atoms with van der Waals surface area (Å²) in [5, 5.41) is 0. The Hall–Kier alpha value is 0.430. The molecule has 0 heterocycles. The zero-order valence-corrected chi connectivity index (χ0v) is 7.91. The molecule has 0 rings (SSSR count). The largest absolute Gasteiger partial charge is 0.539 e. The second-order valence-corrected chi connectivity index (χ2v) is 4.55. The van der Waals surface area contributed by atoms with Crippen LogP contribution in [0, 0.1) is 11.8 Å². The Labute approximate surface area is 61.2 Å². The Morgan fingerprint density at radius 2 is 1.22 bits per heavy atom. The van der Waals surface area contributed by atoms with Gasteiger partial charge in [0.1, 0.15) is 0 Å². The summed E-state index contributed by atoms with van der Waals surface area (Å²) in [5.41, 5.74) is 0. The normalized spacial score (nSPS) is 11.3. The maximum Gasteiger partial charge on any atom is -0.0650 e. The van der Waals surface area contributed by atoms with Crippen LogP contribution in [0.15, 0.2) is 0 Å². The molecular formula is C8H18P-. The molecule has 0 aliphatic rings. The lowest BCUT2D eigenvalue weighted by molar-refractivity contribution is 0.725. The van der Waals surface area contributed by atoms with E-state index in [1.54, 1.807) is 8.58 Å². The molecule has 0 nitrogen and oxygen atoms in total. The van der Waals surface area contributed by atoms with Gasteiger partial charge < -0.3 is 8.58 Å². The summed E-state index contributed by atoms with van der Waals surface area (Å²) in [6.07, 6.45) is 2.75. The van der Waals surface area contributed by atoms with E-state index >= 15 is 0 Å². The average molecular weight is 145 g/mol. The predicted octanol–water partition coefficient (Wildman–Crippen LogP) is 3.24. The van der Waals surface area contributed by atoms with Crippen molar-refractivity contribution in [2.75, 3.05) is 12.3 Å². The number of hydrogen-bond donors (Lipinski definition) is 0. The van der Waals surface area contributed by atoms with Gasteiger partial charge in [-0.15, -0.1) is 0 Å². The molecule has 0 aliphatic carbocycles. The van der Waals surface area contributed by atoms with Gasteiger partial charge >= 0.3 is 0 Å². The Kier molecular flexibility index (Phi) is 5.48. The van der Waals surface area contributed by atoms with Crippen LogP contribution in [0.1, 0.15) is 27.7 Å². The lowest BCUT2D eigenvalue weighted by Gasteiger charge is -2.21. The van der Waals surface area contributed by atoms with E-state index in [-0.39, 0.29) is 0 Å². The van der Waals surface area contributed by atoms with Crippen molar-refractivity contribution in [2.45, 2.75) is 27.7 Å². The molecule has 0 fully saturated rings. The monoisotopic (exact) mass is 145 g/mol. The van der Waals surface area contributed by atoms with Gasteiger partial charge in [0.25, 0.3) is 0 Å². The Bertz CT molecular complexity index is 49.6. The van der Waals surface area contributed by atoms with Crippen molar-refractivity contribution in [3.8, 4) is 0 Å². The van der Waals surface area contributed by atoms with E-state index in [2.05, 4.69) is 27.7 Å². The van der Waals surface area contributed by atoms with Gasteiger partial charge in [-0.2, -0.15) is 12.3 Å². The third-order valence-electron chi connectivity index (χ3n) is 0.988. The minimum absolute atomic E-state index is 0.880. The fraction of sp³-hybridized carbons (Fsp3) is 1.00. The molecule has 1 heteroatoms. The van der Waals surface area contributed by atoms with Gasteiger partial charge in [-0.05, 0) is 0 Å². The Morgan fingerprint density at radius 1 is 0.889 bits per heavy atom. The van der Waals surface area contributed by atoms with E-state index in [1.807, 2.05) is 0 Å². The van der Waals surface area contributed by atoms with Gasteiger partial charge in [0.2, 0.25) is 0 Å². The summed E-state index contributed by atoms with van der Waals surface area (Å²) in [6.45, 7) is 9.14. The quantitative estimate of drug-likeness (QED) is 0.533. The molecule has 0 saturated carbocycles. The predicted molar refractivity (Wildman–Crippen MR) is 46.3 cm³/mol. The average Bonchev–Trinajstić information content (AvgIpc) is 1.63. The molecule has 0 radical (unpaired) electrons. The van der Waals surface area contributed by atoms with Crippen molar-refractivity contribution in [2.24, 2.45) is 11.8 Å². The first-order valence-electron chi connectivity index (χ1n) is 3.76. The Balaban J connectivity index is 2.91. The highest BCUT2D eigenvalue weighted by molar-refractivity contribution is 7.37. The van der Waals surface area contributed by atoms with Gasteiger partial charge in [0, 0.05) is 0 Å². The Morgan fingerprint density at radius 3 is 1.44 bits per heavy atom. The van der Waals surface area contributed by atoms with Gasteiger partial charge in [0.15, 0.2) is 0 Å². The molecule has 9 heavy (non-hydrogen) atoms. The standard InChI is InChI=1S/C8H18P/c1-7(2)5-9-6-8(3)4/h7-8H,5-6H2,1-4H3/q-1. The van der Waals surface area contributed by atoms with Crippen LogP contribution in [0.4, 0.5) is 0 Å². The minimum atomic E-state index is 0.880. The number of rotatable bonds is 4. The van der Waals surface area contributed by atoms with Crippen molar-refractivity contribution in [1.82, 2.24) is 0 Å². The summed E-state index contributed by atoms with van der Waals surface area (Å²) in [6, 6.07) is 0. The molecule has 0 aromatic carbocycles. The summed E-state index contributed by atoms with van der Waals surface area (Å²) >= 11 is 0. The third kappa shape index (κ3) is 8.43. The molecule has 0 bridgehead atoms. The second-order valence-electron chi connectivity index (χ2n) is 3.38. The van der Waals surface area contributed by atoms with E-state index in [0.717, 1.165) is 11.8 Å². The molecule has 0 aromatic rings. The molecule has 0 aromatic heterocycles. The zero-order chi connectivity index (χ0) is 7.28. The van der Waals surface area contributed by atoms with Crippen LogP contribution in [-0.2, 0) is 0 Å². The second kappa shape index (κ2) is 5.23. The van der Waals surface area contributed by atoms with Crippen LogP contribution >= 0.6 is 8.58 Å². The molecular weight excluding hydrogens is 127 g/mol. The van der Waals surface area contributed by atoms with Crippen LogP contribution in [-0.4, -0.2) is 12.3 Å². The highest BCUT2D eigenvalue weighted by Gasteiger charge is 1.84. The maximum atomic E-state index is 2.29. The smallest absolute Gasteiger partial charge is 0.0650 e. The summed E-state index contributed by atoms with van der Waals surface area (Å²) in [5.74, 6) is 1.76. The van der Waals surface area contributed by atoms with Gasteiger partial charge in [-0.25, -0.2) is 0 Å².